The molecule has 0 fully saturated rings. The SMILES string of the molecule is CCN(CC)C(=O)Cc1nnc(-c2ccccc2)c2ccccc12. The third-order valence-corrected chi connectivity index (χ3v) is 4.25. The van der Waals surface area contributed by atoms with Crippen LogP contribution in [0.3, 0.4) is 0 Å². The second-order valence-electron chi connectivity index (χ2n) is 5.65. The van der Waals surface area contributed by atoms with Crippen LogP contribution in [-0.2, 0) is 11.2 Å². The molecule has 0 N–H and O–H groups in total. The summed E-state index contributed by atoms with van der Waals surface area (Å²) in [7, 11) is 0. The lowest BCUT2D eigenvalue weighted by Crippen LogP contribution is -2.32. The second-order valence-corrected chi connectivity index (χ2v) is 5.65. The van der Waals surface area contributed by atoms with Gasteiger partial charge in [0.25, 0.3) is 0 Å². The van der Waals surface area contributed by atoms with Crippen LogP contribution in [0.15, 0.2) is 54.6 Å². The molecule has 4 nitrogen and oxygen atoms in total. The van der Waals surface area contributed by atoms with Gasteiger partial charge in [-0.05, 0) is 13.8 Å². The largest absolute Gasteiger partial charge is 0.343 e. The van der Waals surface area contributed by atoms with Gasteiger partial charge in [0, 0.05) is 29.4 Å². The van der Waals surface area contributed by atoms with Gasteiger partial charge >= 0.3 is 0 Å². The molecule has 0 bridgehead atoms. The zero-order chi connectivity index (χ0) is 16.9. The molecule has 24 heavy (non-hydrogen) atoms. The summed E-state index contributed by atoms with van der Waals surface area (Å²) in [5, 5.41) is 10.8. The van der Waals surface area contributed by atoms with E-state index in [-0.39, 0.29) is 12.3 Å². The molecule has 122 valence electrons. The van der Waals surface area contributed by atoms with E-state index in [0.29, 0.717) is 13.1 Å². The van der Waals surface area contributed by atoms with Gasteiger partial charge in [0.1, 0.15) is 5.69 Å². The molecule has 0 saturated heterocycles. The summed E-state index contributed by atoms with van der Waals surface area (Å²) in [6, 6.07) is 18.0. The number of aromatic nitrogens is 2. The molecule has 0 radical (unpaired) electrons. The molecule has 0 unspecified atom stereocenters. The zero-order valence-electron chi connectivity index (χ0n) is 14.1. The van der Waals surface area contributed by atoms with Crippen LogP contribution in [0, 0.1) is 0 Å². The third kappa shape index (κ3) is 3.13. The molecule has 0 aliphatic carbocycles. The molecule has 0 atom stereocenters. The Bertz CT molecular complexity index is 842. The normalized spacial score (nSPS) is 10.8. The van der Waals surface area contributed by atoms with Crippen molar-refractivity contribution in [2.75, 3.05) is 13.1 Å². The monoisotopic (exact) mass is 319 g/mol. The molecule has 1 amide bonds. The molecule has 3 rings (SSSR count). The fourth-order valence-electron chi connectivity index (χ4n) is 2.93. The Balaban J connectivity index is 2.05. The summed E-state index contributed by atoms with van der Waals surface area (Å²) in [6.07, 6.45) is 0.282. The highest BCUT2D eigenvalue weighted by Gasteiger charge is 2.16. The Morgan fingerprint density at radius 1 is 0.875 bits per heavy atom. The smallest absolute Gasteiger partial charge is 0.228 e. The van der Waals surface area contributed by atoms with Crippen LogP contribution in [0.25, 0.3) is 22.0 Å². The van der Waals surface area contributed by atoms with Gasteiger partial charge in [-0.1, -0.05) is 54.6 Å². The van der Waals surface area contributed by atoms with Gasteiger partial charge in [-0.2, -0.15) is 5.10 Å². The van der Waals surface area contributed by atoms with Crippen molar-refractivity contribution in [2.24, 2.45) is 0 Å². The van der Waals surface area contributed by atoms with Crippen LogP contribution in [0.4, 0.5) is 0 Å². The number of nitrogens with zero attached hydrogens (tertiary/aromatic N) is 3. The first-order valence-electron chi connectivity index (χ1n) is 8.32. The van der Waals surface area contributed by atoms with E-state index in [9.17, 15) is 4.79 Å². The van der Waals surface area contributed by atoms with Crippen LogP contribution in [0.5, 0.6) is 0 Å². The molecular weight excluding hydrogens is 298 g/mol. The molecule has 1 heterocycles. The highest BCUT2D eigenvalue weighted by atomic mass is 16.2. The summed E-state index contributed by atoms with van der Waals surface area (Å²) in [6.45, 7) is 5.40. The number of amides is 1. The van der Waals surface area contributed by atoms with Gasteiger partial charge in [0.15, 0.2) is 0 Å². The molecule has 0 aliphatic rings. The molecule has 0 saturated carbocycles. The summed E-state index contributed by atoms with van der Waals surface area (Å²) < 4.78 is 0. The molecule has 4 heteroatoms. The van der Waals surface area contributed by atoms with Crippen LogP contribution in [0.1, 0.15) is 19.5 Å². The van der Waals surface area contributed by atoms with Crippen molar-refractivity contribution >= 4 is 16.7 Å². The van der Waals surface area contributed by atoms with E-state index in [1.54, 1.807) is 0 Å². The fraction of sp³-hybridized carbons (Fsp3) is 0.250. The Hall–Kier alpha value is -2.75. The number of fused-ring (bicyclic) bond motifs is 1. The number of hydrogen-bond donors (Lipinski definition) is 0. The predicted molar refractivity (Wildman–Crippen MR) is 96.6 cm³/mol. The van der Waals surface area contributed by atoms with Crippen molar-refractivity contribution < 1.29 is 4.79 Å². The van der Waals surface area contributed by atoms with Gasteiger partial charge in [-0.3, -0.25) is 4.79 Å². The van der Waals surface area contributed by atoms with Gasteiger partial charge in [0.05, 0.1) is 12.1 Å². The van der Waals surface area contributed by atoms with Crippen molar-refractivity contribution in [1.29, 1.82) is 0 Å². The molecular formula is C20H21N3O. The van der Waals surface area contributed by atoms with E-state index < -0.39 is 0 Å². The number of carbonyl (C=O) groups is 1. The van der Waals surface area contributed by atoms with Crippen molar-refractivity contribution in [3.8, 4) is 11.3 Å². The standard InChI is InChI=1S/C20H21N3O/c1-3-23(4-2)19(24)14-18-16-12-8-9-13-17(16)20(22-21-18)15-10-6-5-7-11-15/h5-13H,3-4,14H2,1-2H3. The maximum absolute atomic E-state index is 12.4. The average molecular weight is 319 g/mol. The summed E-state index contributed by atoms with van der Waals surface area (Å²) in [5.74, 6) is 0.0897. The molecule has 1 aromatic heterocycles. The number of hydrogen-bond acceptors (Lipinski definition) is 3. The van der Waals surface area contributed by atoms with Crippen molar-refractivity contribution in [1.82, 2.24) is 15.1 Å². The molecule has 2 aromatic carbocycles. The second kappa shape index (κ2) is 7.21. The molecule has 3 aromatic rings. The number of likely N-dealkylation sites (N-methyl/N-ethyl adjacent to an activating group) is 1. The first kappa shape index (κ1) is 16.1. The highest BCUT2D eigenvalue weighted by molar-refractivity contribution is 5.97. The van der Waals surface area contributed by atoms with E-state index in [2.05, 4.69) is 10.2 Å². The maximum atomic E-state index is 12.4. The van der Waals surface area contributed by atoms with E-state index in [1.807, 2.05) is 73.3 Å². The first-order chi connectivity index (χ1) is 11.7. The fourth-order valence-corrected chi connectivity index (χ4v) is 2.93. The van der Waals surface area contributed by atoms with E-state index in [0.717, 1.165) is 27.7 Å². The maximum Gasteiger partial charge on any atom is 0.228 e. The quantitative estimate of drug-likeness (QED) is 0.720. The van der Waals surface area contributed by atoms with E-state index in [1.165, 1.54) is 0 Å². The van der Waals surface area contributed by atoms with Crippen LogP contribution in [-0.4, -0.2) is 34.1 Å². The van der Waals surface area contributed by atoms with E-state index in [4.69, 9.17) is 0 Å². The van der Waals surface area contributed by atoms with Gasteiger partial charge in [-0.15, -0.1) is 5.10 Å². The van der Waals surface area contributed by atoms with Crippen molar-refractivity contribution in [2.45, 2.75) is 20.3 Å². The average Bonchev–Trinajstić information content (AvgIpc) is 2.64. The summed E-state index contributed by atoms with van der Waals surface area (Å²) >= 11 is 0. The summed E-state index contributed by atoms with van der Waals surface area (Å²) in [5.41, 5.74) is 2.62. The van der Waals surface area contributed by atoms with Crippen LogP contribution >= 0.6 is 0 Å². The minimum absolute atomic E-state index is 0.0897. The minimum Gasteiger partial charge on any atom is -0.343 e. The Morgan fingerprint density at radius 3 is 2.17 bits per heavy atom. The Morgan fingerprint density at radius 2 is 1.50 bits per heavy atom. The van der Waals surface area contributed by atoms with Crippen LogP contribution < -0.4 is 0 Å². The zero-order valence-corrected chi connectivity index (χ0v) is 14.1. The summed E-state index contributed by atoms with van der Waals surface area (Å²) in [4.78, 5) is 14.3. The first-order valence-corrected chi connectivity index (χ1v) is 8.32. The lowest BCUT2D eigenvalue weighted by molar-refractivity contribution is -0.130. The van der Waals surface area contributed by atoms with Crippen LogP contribution in [0.2, 0.25) is 0 Å². The number of rotatable bonds is 5. The van der Waals surface area contributed by atoms with Crippen molar-refractivity contribution in [3.05, 3.63) is 60.3 Å². The Labute approximate surface area is 142 Å². The van der Waals surface area contributed by atoms with Gasteiger partial charge < -0.3 is 4.90 Å². The lowest BCUT2D eigenvalue weighted by atomic mass is 10.0. The molecule has 0 spiro atoms. The predicted octanol–water partition coefficient (Wildman–Crippen LogP) is 3.71. The Kier molecular flexibility index (Phi) is 4.85. The van der Waals surface area contributed by atoms with Gasteiger partial charge in [0.2, 0.25) is 5.91 Å². The number of benzene rings is 2. The molecule has 0 aliphatic heterocycles. The minimum atomic E-state index is 0.0897. The van der Waals surface area contributed by atoms with Crippen molar-refractivity contribution in [3.63, 3.8) is 0 Å². The number of carbonyl (C=O) groups excluding carboxylic acids is 1. The topological polar surface area (TPSA) is 46.1 Å². The van der Waals surface area contributed by atoms with Gasteiger partial charge in [-0.25, -0.2) is 0 Å². The highest BCUT2D eigenvalue weighted by Crippen LogP contribution is 2.27. The lowest BCUT2D eigenvalue weighted by Gasteiger charge is -2.18. The van der Waals surface area contributed by atoms with E-state index >= 15 is 0 Å². The third-order valence-electron chi connectivity index (χ3n) is 4.25.